The van der Waals surface area contributed by atoms with Gasteiger partial charge in [-0.15, -0.1) is 6.58 Å². The van der Waals surface area contributed by atoms with Gasteiger partial charge in [0, 0.05) is 5.75 Å². The van der Waals surface area contributed by atoms with E-state index in [-0.39, 0.29) is 0 Å². The molecule has 0 aromatic rings. The van der Waals surface area contributed by atoms with Crippen LogP contribution in [0.5, 0.6) is 0 Å². The molecule has 0 aliphatic carbocycles. The van der Waals surface area contributed by atoms with Gasteiger partial charge in [0.2, 0.25) is 0 Å². The van der Waals surface area contributed by atoms with Gasteiger partial charge in [-0.2, -0.15) is 11.8 Å². The Morgan fingerprint density at radius 1 is 1.64 bits per heavy atom. The molecular formula is C10H18S. The maximum atomic E-state index is 4.01. The van der Waals surface area contributed by atoms with Gasteiger partial charge >= 0.3 is 0 Å². The summed E-state index contributed by atoms with van der Waals surface area (Å²) < 4.78 is 0. The maximum absolute atomic E-state index is 4.01. The van der Waals surface area contributed by atoms with Crippen LogP contribution in [-0.4, -0.2) is 11.5 Å². The minimum absolute atomic E-state index is 0.657. The molecule has 1 atom stereocenters. The van der Waals surface area contributed by atoms with Crippen molar-refractivity contribution in [3.05, 3.63) is 24.8 Å². The first-order valence-electron chi connectivity index (χ1n) is 4.08. The quantitative estimate of drug-likeness (QED) is 0.434. The van der Waals surface area contributed by atoms with E-state index in [0.717, 1.165) is 12.2 Å². The lowest BCUT2D eigenvalue weighted by atomic mass is 10.0. The van der Waals surface area contributed by atoms with Crippen LogP contribution in [0, 0.1) is 5.92 Å². The summed E-state index contributed by atoms with van der Waals surface area (Å²) in [5.41, 5.74) is 1.36. The molecule has 0 bridgehead atoms. The molecule has 0 spiro atoms. The van der Waals surface area contributed by atoms with E-state index < -0.39 is 0 Å². The van der Waals surface area contributed by atoms with E-state index in [1.807, 2.05) is 17.8 Å². The molecule has 64 valence electrons. The van der Waals surface area contributed by atoms with Crippen LogP contribution >= 0.6 is 11.8 Å². The molecule has 0 saturated carbocycles. The molecule has 0 radical (unpaired) electrons. The van der Waals surface area contributed by atoms with Gasteiger partial charge in [0.15, 0.2) is 0 Å². The zero-order valence-corrected chi connectivity index (χ0v) is 8.41. The summed E-state index contributed by atoms with van der Waals surface area (Å²) in [6.45, 7) is 12.1. The zero-order chi connectivity index (χ0) is 8.69. The highest BCUT2D eigenvalue weighted by Crippen LogP contribution is 2.17. The second-order valence-electron chi connectivity index (χ2n) is 2.74. The normalized spacial score (nSPS) is 12.5. The van der Waals surface area contributed by atoms with Gasteiger partial charge in [0.05, 0.1) is 0 Å². The van der Waals surface area contributed by atoms with Crippen LogP contribution in [0.15, 0.2) is 24.8 Å². The van der Waals surface area contributed by atoms with Gasteiger partial charge in [-0.25, -0.2) is 0 Å². The smallest absolute Gasteiger partial charge is 0.0110 e. The average Bonchev–Trinajstić information content (AvgIpc) is 2.03. The minimum Gasteiger partial charge on any atom is -0.157 e. The minimum atomic E-state index is 0.657. The van der Waals surface area contributed by atoms with Crippen LogP contribution in [0.4, 0.5) is 0 Å². The van der Waals surface area contributed by atoms with E-state index in [1.54, 1.807) is 0 Å². The third kappa shape index (κ3) is 5.14. The Bertz CT molecular complexity index is 127. The standard InChI is InChI=1S/C10H18S/c1-5-7-11-8-10(4)9(3)6-2/h5,10H,1,3,6-8H2,2,4H3. The molecule has 0 rings (SSSR count). The summed E-state index contributed by atoms with van der Waals surface area (Å²) in [5.74, 6) is 2.89. The Kier molecular flexibility index (Phi) is 6.43. The molecule has 1 heteroatoms. The second-order valence-corrected chi connectivity index (χ2v) is 3.81. The SMILES string of the molecule is C=CCSCC(C)C(=C)CC. The Balaban J connectivity index is 3.43. The fourth-order valence-electron chi connectivity index (χ4n) is 0.794. The third-order valence-electron chi connectivity index (χ3n) is 1.75. The lowest BCUT2D eigenvalue weighted by molar-refractivity contribution is 0.748. The molecule has 0 nitrogen and oxygen atoms in total. The Hall–Kier alpha value is -0.170. The summed E-state index contributed by atoms with van der Waals surface area (Å²) in [5, 5.41) is 0. The molecule has 0 aromatic carbocycles. The molecule has 0 amide bonds. The van der Waals surface area contributed by atoms with Crippen LogP contribution in [-0.2, 0) is 0 Å². The number of rotatable bonds is 6. The van der Waals surface area contributed by atoms with Crippen molar-refractivity contribution in [1.82, 2.24) is 0 Å². The number of hydrogen-bond acceptors (Lipinski definition) is 1. The summed E-state index contributed by atoms with van der Waals surface area (Å²) in [4.78, 5) is 0. The van der Waals surface area contributed by atoms with E-state index in [0.29, 0.717) is 5.92 Å². The highest BCUT2D eigenvalue weighted by atomic mass is 32.2. The monoisotopic (exact) mass is 170 g/mol. The van der Waals surface area contributed by atoms with Gasteiger partial charge in [-0.3, -0.25) is 0 Å². The van der Waals surface area contributed by atoms with Gasteiger partial charge in [-0.05, 0) is 18.1 Å². The average molecular weight is 170 g/mol. The third-order valence-corrected chi connectivity index (χ3v) is 2.96. The molecule has 0 N–H and O–H groups in total. The molecule has 0 aliphatic rings. The van der Waals surface area contributed by atoms with E-state index in [1.165, 1.54) is 11.3 Å². The second kappa shape index (κ2) is 6.53. The van der Waals surface area contributed by atoms with Crippen molar-refractivity contribution in [2.24, 2.45) is 5.92 Å². The van der Waals surface area contributed by atoms with Gasteiger partial charge in [-0.1, -0.05) is 32.1 Å². The Labute approximate surface area is 74.8 Å². The van der Waals surface area contributed by atoms with Crippen molar-refractivity contribution in [3.63, 3.8) is 0 Å². The Morgan fingerprint density at radius 2 is 2.27 bits per heavy atom. The van der Waals surface area contributed by atoms with Crippen molar-refractivity contribution < 1.29 is 0 Å². The number of thioether (sulfide) groups is 1. The fourth-order valence-corrected chi connectivity index (χ4v) is 1.69. The number of hydrogen-bond donors (Lipinski definition) is 0. The summed E-state index contributed by atoms with van der Waals surface area (Å²) in [7, 11) is 0. The highest BCUT2D eigenvalue weighted by molar-refractivity contribution is 7.99. The highest BCUT2D eigenvalue weighted by Gasteiger charge is 2.03. The van der Waals surface area contributed by atoms with Crippen molar-refractivity contribution >= 4 is 11.8 Å². The molecule has 1 unspecified atom stereocenters. The summed E-state index contributed by atoms with van der Waals surface area (Å²) in [6.07, 6.45) is 3.06. The van der Waals surface area contributed by atoms with E-state index in [2.05, 4.69) is 27.0 Å². The fraction of sp³-hybridized carbons (Fsp3) is 0.600. The first-order chi connectivity index (χ1) is 5.22. The van der Waals surface area contributed by atoms with Crippen LogP contribution in [0.25, 0.3) is 0 Å². The molecule has 0 saturated heterocycles. The molecular weight excluding hydrogens is 152 g/mol. The van der Waals surface area contributed by atoms with E-state index >= 15 is 0 Å². The topological polar surface area (TPSA) is 0 Å². The van der Waals surface area contributed by atoms with Crippen molar-refractivity contribution in [2.45, 2.75) is 20.3 Å². The van der Waals surface area contributed by atoms with Crippen molar-refractivity contribution in [3.8, 4) is 0 Å². The summed E-state index contributed by atoms with van der Waals surface area (Å²) >= 11 is 1.93. The molecule has 0 heterocycles. The first kappa shape index (κ1) is 10.8. The lowest BCUT2D eigenvalue weighted by Crippen LogP contribution is -2.00. The maximum Gasteiger partial charge on any atom is 0.0110 e. The molecule has 0 fully saturated rings. The lowest BCUT2D eigenvalue weighted by Gasteiger charge is -2.11. The largest absolute Gasteiger partial charge is 0.157 e. The van der Waals surface area contributed by atoms with E-state index in [9.17, 15) is 0 Å². The van der Waals surface area contributed by atoms with Crippen LogP contribution in [0.3, 0.4) is 0 Å². The van der Waals surface area contributed by atoms with Crippen molar-refractivity contribution in [1.29, 1.82) is 0 Å². The zero-order valence-electron chi connectivity index (χ0n) is 7.60. The van der Waals surface area contributed by atoms with Gasteiger partial charge < -0.3 is 0 Å². The first-order valence-corrected chi connectivity index (χ1v) is 5.24. The molecule has 11 heavy (non-hydrogen) atoms. The van der Waals surface area contributed by atoms with Gasteiger partial charge in [0.1, 0.15) is 0 Å². The van der Waals surface area contributed by atoms with Gasteiger partial charge in [0.25, 0.3) is 0 Å². The predicted molar refractivity (Wildman–Crippen MR) is 56.1 cm³/mol. The summed E-state index contributed by atoms with van der Waals surface area (Å²) in [6, 6.07) is 0. The Morgan fingerprint density at radius 3 is 2.73 bits per heavy atom. The predicted octanol–water partition coefficient (Wildman–Crippen LogP) is 3.51. The van der Waals surface area contributed by atoms with Crippen LogP contribution in [0.1, 0.15) is 20.3 Å². The molecule has 0 aliphatic heterocycles. The molecule has 0 aromatic heterocycles. The van der Waals surface area contributed by atoms with Crippen molar-refractivity contribution in [2.75, 3.05) is 11.5 Å². The van der Waals surface area contributed by atoms with Crippen LogP contribution in [0.2, 0.25) is 0 Å². The number of allylic oxidation sites excluding steroid dienone is 1. The van der Waals surface area contributed by atoms with E-state index in [4.69, 9.17) is 0 Å². The van der Waals surface area contributed by atoms with Crippen LogP contribution < -0.4 is 0 Å².